The third kappa shape index (κ3) is 5.89. The number of amides is 3. The number of sulfonamides is 1. The number of halogens is 1. The molecule has 1 saturated carbocycles. The van der Waals surface area contributed by atoms with Crippen molar-refractivity contribution in [3.8, 4) is 17.6 Å². The predicted octanol–water partition coefficient (Wildman–Crippen LogP) is 5.40. The van der Waals surface area contributed by atoms with Crippen LogP contribution in [0.5, 0.6) is 11.5 Å². The Kier molecular flexibility index (Phi) is 8.65. The SMILES string of the molecule is N#Cc1cc(S(=O)(=O)N2C(=O)N(CC3CCCC(CN)C3)C(=O)C2Cc2c[nH]c3ccccc23)ccc1Oc1ccc(N)c(Cl)c1. The van der Waals surface area contributed by atoms with E-state index < -0.39 is 28.0 Å². The zero-order valence-corrected chi connectivity index (χ0v) is 26.4. The molecule has 3 atom stereocenters. The van der Waals surface area contributed by atoms with E-state index in [-0.39, 0.29) is 40.1 Å². The van der Waals surface area contributed by atoms with Crippen LogP contribution < -0.4 is 16.2 Å². The fraction of sp³-hybridized carbons (Fsp3) is 0.303. The first kappa shape index (κ1) is 31.4. The number of fused-ring (bicyclic) bond motifs is 1. The van der Waals surface area contributed by atoms with E-state index in [1.807, 2.05) is 30.3 Å². The van der Waals surface area contributed by atoms with E-state index in [4.69, 9.17) is 27.8 Å². The van der Waals surface area contributed by atoms with Crippen molar-refractivity contribution in [2.24, 2.45) is 17.6 Å². The van der Waals surface area contributed by atoms with Crippen LogP contribution in [-0.2, 0) is 21.2 Å². The lowest BCUT2D eigenvalue weighted by molar-refractivity contribution is -0.128. The lowest BCUT2D eigenvalue weighted by Crippen LogP contribution is -2.42. The first-order chi connectivity index (χ1) is 22.1. The molecule has 0 spiro atoms. The molecule has 3 amide bonds. The lowest BCUT2D eigenvalue weighted by atomic mass is 9.81. The third-order valence-electron chi connectivity index (χ3n) is 8.84. The van der Waals surface area contributed by atoms with Crippen molar-refractivity contribution in [1.29, 1.82) is 5.26 Å². The second-order valence-corrected chi connectivity index (χ2v) is 14.0. The Morgan fingerprint density at radius 2 is 1.85 bits per heavy atom. The van der Waals surface area contributed by atoms with Crippen LogP contribution in [0.1, 0.15) is 36.8 Å². The Morgan fingerprint density at radius 3 is 2.61 bits per heavy atom. The number of para-hydroxylation sites is 1. The number of hydrogen-bond acceptors (Lipinski definition) is 8. The Hall–Kier alpha value is -4.57. The number of benzene rings is 3. The Morgan fingerprint density at radius 1 is 1.07 bits per heavy atom. The number of aromatic nitrogens is 1. The summed E-state index contributed by atoms with van der Waals surface area (Å²) in [6.45, 7) is 0.638. The van der Waals surface area contributed by atoms with Gasteiger partial charge in [-0.15, -0.1) is 0 Å². The molecule has 11 nitrogen and oxygen atoms in total. The molecule has 0 radical (unpaired) electrons. The summed E-state index contributed by atoms with van der Waals surface area (Å²) in [5.74, 6) is 0.114. The number of H-pyrrole nitrogens is 1. The molecular formula is C33H33ClN6O5S. The fourth-order valence-corrected chi connectivity index (χ4v) is 8.15. The van der Waals surface area contributed by atoms with Gasteiger partial charge in [-0.3, -0.25) is 9.69 Å². The average molecular weight is 661 g/mol. The second-order valence-electron chi connectivity index (χ2n) is 11.8. The quantitative estimate of drug-likeness (QED) is 0.158. The molecule has 4 aromatic rings. The topological polar surface area (TPSA) is 176 Å². The standard InChI is InChI=1S/C33H33ClN6O5S/c34-27-15-24(8-10-28(27)37)45-31-11-9-25(13-22(31)17-36)46(43,44)40-30(14-23-18-38-29-7-2-1-6-26(23)29)32(41)39(33(40)42)19-21-5-3-4-20(12-21)16-35/h1-2,6-11,13,15,18,20-21,30,38H,3-5,12,14,16,19,35,37H2. The molecule has 2 fully saturated rings. The normalized spacial score (nSPS) is 20.3. The van der Waals surface area contributed by atoms with Crippen molar-refractivity contribution in [2.75, 3.05) is 18.8 Å². The Bertz CT molecular complexity index is 1970. The summed E-state index contributed by atoms with van der Waals surface area (Å²) in [5, 5.41) is 11.0. The second kappa shape index (κ2) is 12.7. The minimum absolute atomic E-state index is 0.0232. The number of urea groups is 1. The van der Waals surface area contributed by atoms with E-state index in [0.29, 0.717) is 33.8 Å². The van der Waals surface area contributed by atoms with Crippen LogP contribution in [0.4, 0.5) is 10.5 Å². The van der Waals surface area contributed by atoms with Gasteiger partial charge in [-0.25, -0.2) is 17.5 Å². The van der Waals surface area contributed by atoms with E-state index in [2.05, 4.69) is 4.98 Å². The van der Waals surface area contributed by atoms with E-state index in [1.54, 1.807) is 18.3 Å². The van der Waals surface area contributed by atoms with Crippen LogP contribution in [0.2, 0.25) is 5.02 Å². The van der Waals surface area contributed by atoms with Gasteiger partial charge in [0.25, 0.3) is 15.9 Å². The van der Waals surface area contributed by atoms with Crippen LogP contribution in [0, 0.1) is 23.2 Å². The van der Waals surface area contributed by atoms with Crippen molar-refractivity contribution in [1.82, 2.24) is 14.2 Å². The molecule has 1 aromatic heterocycles. The van der Waals surface area contributed by atoms with Gasteiger partial charge in [-0.05, 0) is 79.6 Å². The van der Waals surface area contributed by atoms with Crippen molar-refractivity contribution >= 4 is 50.2 Å². The molecule has 0 bridgehead atoms. The minimum atomic E-state index is -4.60. The number of anilines is 1. The number of carbonyl (C=O) groups is 2. The summed E-state index contributed by atoms with van der Waals surface area (Å²) in [6.07, 6.45) is 5.21. The maximum Gasteiger partial charge on any atom is 0.341 e. The number of hydrogen-bond donors (Lipinski definition) is 3. The van der Waals surface area contributed by atoms with Gasteiger partial charge < -0.3 is 21.2 Å². The van der Waals surface area contributed by atoms with Crippen LogP contribution in [0.15, 0.2) is 71.8 Å². The van der Waals surface area contributed by atoms with Crippen molar-refractivity contribution < 1.29 is 22.7 Å². The summed E-state index contributed by atoms with van der Waals surface area (Å²) < 4.78 is 35.0. The molecule has 2 aliphatic rings. The van der Waals surface area contributed by atoms with E-state index >= 15 is 0 Å². The number of imide groups is 1. The predicted molar refractivity (Wildman–Crippen MR) is 174 cm³/mol. The van der Waals surface area contributed by atoms with E-state index in [0.717, 1.165) is 47.6 Å². The summed E-state index contributed by atoms with van der Waals surface area (Å²) in [5.41, 5.74) is 13.5. The van der Waals surface area contributed by atoms with Crippen LogP contribution in [-0.4, -0.2) is 53.7 Å². The minimum Gasteiger partial charge on any atom is -0.456 e. The monoisotopic (exact) mass is 660 g/mol. The maximum atomic E-state index is 14.3. The summed E-state index contributed by atoms with van der Waals surface area (Å²) in [4.78, 5) is 31.9. The first-order valence-corrected chi connectivity index (χ1v) is 16.8. The van der Waals surface area contributed by atoms with Gasteiger partial charge in [0, 0.05) is 36.1 Å². The lowest BCUT2D eigenvalue weighted by Gasteiger charge is -2.30. The highest BCUT2D eigenvalue weighted by Gasteiger charge is 2.52. The molecular weight excluding hydrogens is 628 g/mol. The molecule has 13 heteroatoms. The molecule has 2 heterocycles. The highest BCUT2D eigenvalue weighted by molar-refractivity contribution is 7.89. The largest absolute Gasteiger partial charge is 0.456 e. The molecule has 46 heavy (non-hydrogen) atoms. The molecule has 5 N–H and O–H groups in total. The van der Waals surface area contributed by atoms with Gasteiger partial charge >= 0.3 is 6.03 Å². The highest BCUT2D eigenvalue weighted by atomic mass is 35.5. The van der Waals surface area contributed by atoms with Gasteiger partial charge in [0.1, 0.15) is 23.6 Å². The van der Waals surface area contributed by atoms with Crippen molar-refractivity contribution in [3.05, 3.63) is 83.0 Å². The Labute approximate surface area is 271 Å². The van der Waals surface area contributed by atoms with Gasteiger partial charge in [0.05, 0.1) is 21.2 Å². The van der Waals surface area contributed by atoms with Crippen LogP contribution >= 0.6 is 11.6 Å². The van der Waals surface area contributed by atoms with Crippen LogP contribution in [0.3, 0.4) is 0 Å². The number of carbonyl (C=O) groups excluding carboxylic acids is 2. The zero-order valence-electron chi connectivity index (χ0n) is 24.9. The molecule has 6 rings (SSSR count). The molecule has 3 aromatic carbocycles. The fourth-order valence-electron chi connectivity index (χ4n) is 6.44. The first-order valence-electron chi connectivity index (χ1n) is 15.0. The number of nitrogens with zero attached hydrogens (tertiary/aromatic N) is 3. The maximum absolute atomic E-state index is 14.3. The van der Waals surface area contributed by atoms with Gasteiger partial charge in [-0.2, -0.15) is 5.26 Å². The van der Waals surface area contributed by atoms with Gasteiger partial charge in [-0.1, -0.05) is 36.2 Å². The molecule has 1 aliphatic heterocycles. The number of nitrogen functional groups attached to an aromatic ring is 1. The molecule has 1 aliphatic carbocycles. The number of nitriles is 1. The third-order valence-corrected chi connectivity index (χ3v) is 10.9. The highest BCUT2D eigenvalue weighted by Crippen LogP contribution is 2.36. The molecule has 3 unspecified atom stereocenters. The van der Waals surface area contributed by atoms with Crippen LogP contribution in [0.25, 0.3) is 10.9 Å². The summed E-state index contributed by atoms with van der Waals surface area (Å²) in [7, 11) is -4.60. The van der Waals surface area contributed by atoms with E-state index in [1.165, 1.54) is 18.2 Å². The molecule has 238 valence electrons. The number of nitrogens with one attached hydrogen (secondary N) is 1. The number of nitrogens with two attached hydrogens (primary N) is 2. The zero-order chi connectivity index (χ0) is 32.6. The van der Waals surface area contributed by atoms with Crippen molar-refractivity contribution in [2.45, 2.75) is 43.0 Å². The van der Waals surface area contributed by atoms with Gasteiger partial charge in [0.2, 0.25) is 0 Å². The number of rotatable bonds is 9. The molecule has 1 saturated heterocycles. The number of aromatic amines is 1. The Balaban J connectivity index is 1.35. The van der Waals surface area contributed by atoms with E-state index in [9.17, 15) is 23.3 Å². The average Bonchev–Trinajstić information content (AvgIpc) is 3.57. The smallest absolute Gasteiger partial charge is 0.341 e. The summed E-state index contributed by atoms with van der Waals surface area (Å²) >= 11 is 6.10. The van der Waals surface area contributed by atoms with Gasteiger partial charge in [0.15, 0.2) is 0 Å². The number of ether oxygens (including phenoxy) is 1. The summed E-state index contributed by atoms with van der Waals surface area (Å²) in [6, 6.07) is 15.5. The van der Waals surface area contributed by atoms with Crippen molar-refractivity contribution in [3.63, 3.8) is 0 Å².